The van der Waals surface area contributed by atoms with Crippen LogP contribution in [0.2, 0.25) is 0 Å². The Labute approximate surface area is 168 Å². The van der Waals surface area contributed by atoms with Crippen molar-refractivity contribution < 1.29 is 18.3 Å². The third-order valence-electron chi connectivity index (χ3n) is 5.23. The van der Waals surface area contributed by atoms with Gasteiger partial charge in [-0.05, 0) is 51.3 Å². The lowest BCUT2D eigenvalue weighted by atomic mass is 9.77. The molecule has 2 heterocycles. The Morgan fingerprint density at radius 2 is 1.68 bits per heavy atom. The molecular weight excluding hydrogens is 378 g/mol. The number of hydrogen-bond acceptors (Lipinski definition) is 3. The van der Waals surface area contributed by atoms with Crippen LogP contribution in [0, 0.1) is 0 Å². The van der Waals surface area contributed by atoms with Crippen LogP contribution in [0.3, 0.4) is 0 Å². The summed E-state index contributed by atoms with van der Waals surface area (Å²) in [5, 5.41) is 3.46. The van der Waals surface area contributed by atoms with E-state index in [9.17, 15) is 8.78 Å². The van der Waals surface area contributed by atoms with Gasteiger partial charge in [0.15, 0.2) is 11.5 Å². The molecule has 148 valence electrons. The molecule has 0 saturated carbocycles. The first-order valence-electron chi connectivity index (χ1n) is 9.36. The number of fused-ring (bicyclic) bond motifs is 2. The van der Waals surface area contributed by atoms with Crippen LogP contribution < -0.4 is 9.47 Å². The second kappa shape index (κ2) is 6.18. The second-order valence-electron chi connectivity index (χ2n) is 9.09. The molecule has 0 fully saturated rings. The van der Waals surface area contributed by atoms with E-state index in [1.165, 1.54) is 15.6 Å². The highest BCUT2D eigenvalue weighted by molar-refractivity contribution is 7.17. The van der Waals surface area contributed by atoms with Gasteiger partial charge in [-0.25, -0.2) is 0 Å². The maximum absolute atomic E-state index is 13.7. The van der Waals surface area contributed by atoms with Gasteiger partial charge in [-0.15, -0.1) is 20.1 Å². The molecule has 1 aromatic heterocycles. The van der Waals surface area contributed by atoms with Crippen LogP contribution >= 0.6 is 11.3 Å². The van der Waals surface area contributed by atoms with Crippen LogP contribution in [0.15, 0.2) is 41.8 Å². The summed E-state index contributed by atoms with van der Waals surface area (Å²) in [6, 6.07) is 12.0. The Morgan fingerprint density at radius 3 is 2.39 bits per heavy atom. The van der Waals surface area contributed by atoms with Crippen LogP contribution in [0.1, 0.15) is 51.3 Å². The number of halogens is 2. The minimum Gasteiger partial charge on any atom is -0.395 e. The van der Waals surface area contributed by atoms with E-state index in [4.69, 9.17) is 9.47 Å². The van der Waals surface area contributed by atoms with Crippen LogP contribution in [-0.4, -0.2) is 6.29 Å². The molecule has 0 N–H and O–H groups in total. The first kappa shape index (κ1) is 19.2. The lowest BCUT2D eigenvalue weighted by molar-refractivity contribution is -0.287. The SMILES string of the molecule is CC(C)(C)c1cc(CC(C)(C)c2csc3ccccc23)cc2c1OC(F)(F)O2. The molecule has 0 saturated heterocycles. The first-order chi connectivity index (χ1) is 13.0. The Balaban J connectivity index is 1.76. The van der Waals surface area contributed by atoms with Crippen LogP contribution in [0.25, 0.3) is 10.1 Å². The normalized spacial score (nSPS) is 16.0. The lowest BCUT2D eigenvalue weighted by Gasteiger charge is -2.27. The predicted molar refractivity (Wildman–Crippen MR) is 110 cm³/mol. The Kier molecular flexibility index (Phi) is 4.23. The van der Waals surface area contributed by atoms with E-state index in [2.05, 4.69) is 37.4 Å². The smallest absolute Gasteiger partial charge is 0.395 e. The third kappa shape index (κ3) is 3.37. The fourth-order valence-electron chi connectivity index (χ4n) is 3.87. The van der Waals surface area contributed by atoms with E-state index < -0.39 is 6.29 Å². The van der Waals surface area contributed by atoms with Crippen molar-refractivity contribution in [3.8, 4) is 11.5 Å². The van der Waals surface area contributed by atoms with Gasteiger partial charge in [0.05, 0.1) is 0 Å². The first-order valence-corrected chi connectivity index (χ1v) is 10.2. The summed E-state index contributed by atoms with van der Waals surface area (Å²) in [5.74, 6) is 0.276. The van der Waals surface area contributed by atoms with E-state index in [0.717, 1.165) is 11.1 Å². The third-order valence-corrected chi connectivity index (χ3v) is 6.19. The molecule has 3 aromatic rings. The van der Waals surface area contributed by atoms with Crippen molar-refractivity contribution in [3.05, 3.63) is 58.5 Å². The summed E-state index contributed by atoms with van der Waals surface area (Å²) in [5.41, 5.74) is 2.47. The number of alkyl halides is 2. The highest BCUT2D eigenvalue weighted by Crippen LogP contribution is 2.48. The van der Waals surface area contributed by atoms with E-state index in [0.29, 0.717) is 6.42 Å². The molecule has 0 aliphatic carbocycles. The zero-order chi connectivity index (χ0) is 20.3. The van der Waals surface area contributed by atoms with Crippen molar-refractivity contribution in [2.45, 2.75) is 58.2 Å². The fourth-order valence-corrected chi connectivity index (χ4v) is 5.03. The summed E-state index contributed by atoms with van der Waals surface area (Å²) in [7, 11) is 0. The number of hydrogen-bond donors (Lipinski definition) is 0. The van der Waals surface area contributed by atoms with Gasteiger partial charge in [0.25, 0.3) is 0 Å². The zero-order valence-corrected chi connectivity index (χ0v) is 17.5. The summed E-state index contributed by atoms with van der Waals surface area (Å²) < 4.78 is 38.3. The van der Waals surface area contributed by atoms with Crippen molar-refractivity contribution in [3.63, 3.8) is 0 Å². The molecule has 0 spiro atoms. The maximum Gasteiger partial charge on any atom is 0.586 e. The van der Waals surface area contributed by atoms with Gasteiger partial charge in [-0.2, -0.15) is 0 Å². The molecule has 0 bridgehead atoms. The van der Waals surface area contributed by atoms with Gasteiger partial charge in [0.2, 0.25) is 0 Å². The van der Waals surface area contributed by atoms with Crippen LogP contribution in [0.5, 0.6) is 11.5 Å². The van der Waals surface area contributed by atoms with Crippen molar-refractivity contribution in [2.24, 2.45) is 0 Å². The number of rotatable bonds is 3. The van der Waals surface area contributed by atoms with E-state index in [-0.39, 0.29) is 22.3 Å². The van der Waals surface area contributed by atoms with Crippen molar-refractivity contribution in [1.82, 2.24) is 0 Å². The van der Waals surface area contributed by atoms with Crippen molar-refractivity contribution >= 4 is 21.4 Å². The molecule has 0 radical (unpaired) electrons. The van der Waals surface area contributed by atoms with Crippen LogP contribution in [-0.2, 0) is 17.3 Å². The average Bonchev–Trinajstić information content (AvgIpc) is 3.12. The maximum atomic E-state index is 13.7. The minimum atomic E-state index is -3.61. The van der Waals surface area contributed by atoms with Gasteiger partial charge in [0.1, 0.15) is 0 Å². The van der Waals surface area contributed by atoms with Gasteiger partial charge >= 0.3 is 6.29 Å². The molecule has 0 unspecified atom stereocenters. The van der Waals surface area contributed by atoms with E-state index >= 15 is 0 Å². The van der Waals surface area contributed by atoms with Gasteiger partial charge in [-0.3, -0.25) is 0 Å². The number of ether oxygens (including phenoxy) is 2. The van der Waals surface area contributed by atoms with Crippen molar-refractivity contribution in [2.75, 3.05) is 0 Å². The monoisotopic (exact) mass is 402 g/mol. The van der Waals surface area contributed by atoms with Gasteiger partial charge in [0, 0.05) is 10.3 Å². The number of benzene rings is 2. The quantitative estimate of drug-likeness (QED) is 0.468. The van der Waals surface area contributed by atoms with Crippen LogP contribution in [0.4, 0.5) is 8.78 Å². The molecule has 28 heavy (non-hydrogen) atoms. The fraction of sp³-hybridized carbons (Fsp3) is 0.391. The highest BCUT2D eigenvalue weighted by atomic mass is 32.1. The largest absolute Gasteiger partial charge is 0.586 e. The summed E-state index contributed by atoms with van der Waals surface area (Å²) >= 11 is 1.73. The van der Waals surface area contributed by atoms with E-state index in [1.54, 1.807) is 17.4 Å². The minimum absolute atomic E-state index is 0.124. The molecule has 1 aliphatic heterocycles. The molecule has 0 atom stereocenters. The standard InChI is InChI=1S/C23H24F2O2S/c1-21(2,3)16-10-14(11-18-20(16)27-23(24,25)26-18)12-22(4,5)17-13-28-19-9-7-6-8-15(17)19/h6-11,13H,12H2,1-5H3. The zero-order valence-electron chi connectivity index (χ0n) is 16.7. The number of thiophene rings is 1. The van der Waals surface area contributed by atoms with Gasteiger partial charge in [-0.1, -0.05) is 58.9 Å². The Morgan fingerprint density at radius 1 is 0.964 bits per heavy atom. The Bertz CT molecular complexity index is 1040. The molecule has 0 amide bonds. The average molecular weight is 403 g/mol. The predicted octanol–water partition coefficient (Wildman–Crippen LogP) is 7.04. The summed E-state index contributed by atoms with van der Waals surface area (Å²) in [4.78, 5) is 0. The Hall–Kier alpha value is -2.14. The molecule has 5 heteroatoms. The topological polar surface area (TPSA) is 18.5 Å². The van der Waals surface area contributed by atoms with Gasteiger partial charge < -0.3 is 9.47 Å². The lowest BCUT2D eigenvalue weighted by Crippen LogP contribution is -2.26. The van der Waals surface area contributed by atoms with E-state index in [1.807, 2.05) is 32.9 Å². The molecule has 2 aromatic carbocycles. The highest BCUT2D eigenvalue weighted by Gasteiger charge is 2.46. The second-order valence-corrected chi connectivity index (χ2v) is 10.0. The van der Waals surface area contributed by atoms with Crippen molar-refractivity contribution in [1.29, 1.82) is 0 Å². The molecule has 1 aliphatic rings. The molecule has 2 nitrogen and oxygen atoms in total. The molecular formula is C23H24F2O2S. The summed E-state index contributed by atoms with van der Waals surface area (Å²) in [6.07, 6.45) is -2.90. The summed E-state index contributed by atoms with van der Waals surface area (Å²) in [6.45, 7) is 10.4. The molecule has 4 rings (SSSR count).